The molecule has 0 bridgehead atoms. The first-order chi connectivity index (χ1) is 8.01. The summed E-state index contributed by atoms with van der Waals surface area (Å²) in [6.07, 6.45) is 4.24. The zero-order valence-electron chi connectivity index (χ0n) is 10.3. The monoisotopic (exact) mass is 273 g/mol. The Morgan fingerprint density at radius 1 is 1.29 bits per heavy atom. The quantitative estimate of drug-likeness (QED) is 0.849. The van der Waals surface area contributed by atoms with Gasteiger partial charge in [0.15, 0.2) is 0 Å². The van der Waals surface area contributed by atoms with Crippen molar-refractivity contribution in [2.24, 2.45) is 5.92 Å². The first kappa shape index (κ1) is 13.1. The summed E-state index contributed by atoms with van der Waals surface area (Å²) in [5, 5.41) is 1.81. The fraction of sp³-hybridized carbons (Fsp3) is 0.667. The molecular formula is C12H19NO2S2. The molecule has 1 aromatic heterocycles. The van der Waals surface area contributed by atoms with Crippen LogP contribution in [0, 0.1) is 5.92 Å². The second-order valence-electron chi connectivity index (χ2n) is 4.87. The van der Waals surface area contributed by atoms with Crippen molar-refractivity contribution in [1.82, 2.24) is 4.31 Å². The molecule has 1 saturated carbocycles. The van der Waals surface area contributed by atoms with Gasteiger partial charge in [0.2, 0.25) is 0 Å². The molecule has 0 aromatic carbocycles. The zero-order valence-corrected chi connectivity index (χ0v) is 11.9. The van der Waals surface area contributed by atoms with E-state index in [0.29, 0.717) is 4.21 Å². The Kier molecular flexibility index (Phi) is 3.90. The Balaban J connectivity index is 2.12. The van der Waals surface area contributed by atoms with Gasteiger partial charge < -0.3 is 0 Å². The van der Waals surface area contributed by atoms with E-state index >= 15 is 0 Å². The summed E-state index contributed by atoms with van der Waals surface area (Å²) < 4.78 is 26.7. The first-order valence-corrected chi connectivity index (χ1v) is 8.35. The second kappa shape index (κ2) is 5.08. The van der Waals surface area contributed by atoms with Crippen molar-refractivity contribution < 1.29 is 8.42 Å². The van der Waals surface area contributed by atoms with E-state index in [4.69, 9.17) is 0 Å². The summed E-state index contributed by atoms with van der Waals surface area (Å²) in [5.41, 5.74) is 0. The molecule has 0 radical (unpaired) electrons. The lowest BCUT2D eigenvalue weighted by Gasteiger charge is -2.32. The maximum absolute atomic E-state index is 12.3. The minimum atomic E-state index is -3.26. The minimum absolute atomic E-state index is 0.179. The van der Waals surface area contributed by atoms with Crippen LogP contribution in [-0.2, 0) is 10.0 Å². The number of hydrogen-bond acceptors (Lipinski definition) is 3. The Hall–Kier alpha value is -0.390. The lowest BCUT2D eigenvalue weighted by Crippen LogP contribution is -2.38. The number of nitrogens with zero attached hydrogens (tertiary/aromatic N) is 1. The fourth-order valence-electron chi connectivity index (χ4n) is 2.35. The molecule has 96 valence electrons. The molecular weight excluding hydrogens is 254 g/mol. The van der Waals surface area contributed by atoms with Crippen molar-refractivity contribution in [2.45, 2.75) is 42.9 Å². The molecule has 1 aromatic rings. The van der Waals surface area contributed by atoms with Crippen molar-refractivity contribution in [2.75, 3.05) is 7.05 Å². The lowest BCUT2D eigenvalue weighted by atomic mass is 9.87. The van der Waals surface area contributed by atoms with Gasteiger partial charge in [0.25, 0.3) is 10.0 Å². The summed E-state index contributed by atoms with van der Waals surface area (Å²) in [6, 6.07) is 3.65. The molecule has 0 N–H and O–H groups in total. The van der Waals surface area contributed by atoms with E-state index in [-0.39, 0.29) is 6.04 Å². The molecule has 0 unspecified atom stereocenters. The summed E-state index contributed by atoms with van der Waals surface area (Å²) in [7, 11) is -1.54. The highest BCUT2D eigenvalue weighted by Crippen LogP contribution is 2.30. The smallest absolute Gasteiger partial charge is 0.206 e. The summed E-state index contributed by atoms with van der Waals surface area (Å²) in [5.74, 6) is 0.740. The van der Waals surface area contributed by atoms with Crippen molar-refractivity contribution >= 4 is 21.4 Å². The molecule has 17 heavy (non-hydrogen) atoms. The molecule has 1 aliphatic carbocycles. The third-order valence-electron chi connectivity index (χ3n) is 3.63. The lowest BCUT2D eigenvalue weighted by molar-refractivity contribution is 0.246. The number of rotatable bonds is 3. The molecule has 5 heteroatoms. The maximum Gasteiger partial charge on any atom is 0.252 e. The van der Waals surface area contributed by atoms with Gasteiger partial charge in [-0.15, -0.1) is 11.3 Å². The van der Waals surface area contributed by atoms with Crippen LogP contribution in [0.3, 0.4) is 0 Å². The van der Waals surface area contributed by atoms with Gasteiger partial charge in [0.05, 0.1) is 0 Å². The van der Waals surface area contributed by atoms with E-state index in [1.165, 1.54) is 11.3 Å². The standard InChI is InChI=1S/C12H19NO2S2/c1-10-5-7-11(8-6-10)13(2)17(14,15)12-4-3-9-16-12/h3-4,9-11H,5-8H2,1-2H3. The van der Waals surface area contributed by atoms with Crippen LogP contribution in [0.25, 0.3) is 0 Å². The fourth-order valence-corrected chi connectivity index (χ4v) is 4.95. The van der Waals surface area contributed by atoms with Gasteiger partial charge in [-0.25, -0.2) is 8.42 Å². The highest BCUT2D eigenvalue weighted by Gasteiger charge is 2.30. The van der Waals surface area contributed by atoms with E-state index < -0.39 is 10.0 Å². The van der Waals surface area contributed by atoms with E-state index in [9.17, 15) is 8.42 Å². The molecule has 0 aliphatic heterocycles. The predicted octanol–water partition coefficient (Wildman–Crippen LogP) is 2.95. The van der Waals surface area contributed by atoms with Gasteiger partial charge in [-0.3, -0.25) is 0 Å². The van der Waals surface area contributed by atoms with E-state index in [0.717, 1.165) is 31.6 Å². The largest absolute Gasteiger partial charge is 0.252 e. The average molecular weight is 273 g/mol. The molecule has 0 amide bonds. The van der Waals surface area contributed by atoms with Crippen LogP contribution < -0.4 is 0 Å². The summed E-state index contributed by atoms with van der Waals surface area (Å²) >= 11 is 1.29. The highest BCUT2D eigenvalue weighted by molar-refractivity contribution is 7.91. The van der Waals surface area contributed by atoms with Crippen molar-refractivity contribution in [3.63, 3.8) is 0 Å². The van der Waals surface area contributed by atoms with Gasteiger partial charge in [-0.05, 0) is 43.0 Å². The van der Waals surface area contributed by atoms with Crippen LogP contribution in [0.2, 0.25) is 0 Å². The third kappa shape index (κ3) is 2.72. The molecule has 0 atom stereocenters. The van der Waals surface area contributed by atoms with Gasteiger partial charge in [-0.2, -0.15) is 4.31 Å². The van der Waals surface area contributed by atoms with Gasteiger partial charge in [0.1, 0.15) is 4.21 Å². The van der Waals surface area contributed by atoms with Crippen molar-refractivity contribution in [3.8, 4) is 0 Å². The van der Waals surface area contributed by atoms with Crippen LogP contribution in [0.15, 0.2) is 21.7 Å². The predicted molar refractivity (Wildman–Crippen MR) is 70.7 cm³/mol. The van der Waals surface area contributed by atoms with Crippen LogP contribution in [0.4, 0.5) is 0 Å². The molecule has 1 aliphatic rings. The van der Waals surface area contributed by atoms with E-state index in [2.05, 4.69) is 6.92 Å². The van der Waals surface area contributed by atoms with Crippen molar-refractivity contribution in [1.29, 1.82) is 0 Å². The Labute approximate surface area is 108 Å². The SMILES string of the molecule is CC1CCC(N(C)S(=O)(=O)c2cccs2)CC1. The van der Waals surface area contributed by atoms with Crippen molar-refractivity contribution in [3.05, 3.63) is 17.5 Å². The maximum atomic E-state index is 12.3. The number of hydrogen-bond donors (Lipinski definition) is 0. The number of sulfonamides is 1. The third-order valence-corrected chi connectivity index (χ3v) is 6.91. The molecule has 1 fully saturated rings. The Bertz CT molecular complexity index is 445. The highest BCUT2D eigenvalue weighted by atomic mass is 32.2. The molecule has 3 nitrogen and oxygen atoms in total. The average Bonchev–Trinajstić information content (AvgIpc) is 2.83. The normalized spacial score (nSPS) is 26.3. The van der Waals surface area contributed by atoms with Crippen LogP contribution >= 0.6 is 11.3 Å². The van der Waals surface area contributed by atoms with Gasteiger partial charge in [0, 0.05) is 13.1 Å². The summed E-state index contributed by atoms with van der Waals surface area (Å²) in [6.45, 7) is 2.24. The van der Waals surface area contributed by atoms with Gasteiger partial charge in [-0.1, -0.05) is 13.0 Å². The molecule has 2 rings (SSSR count). The van der Waals surface area contributed by atoms with E-state index in [1.54, 1.807) is 23.5 Å². The zero-order chi connectivity index (χ0) is 12.5. The minimum Gasteiger partial charge on any atom is -0.206 e. The topological polar surface area (TPSA) is 37.4 Å². The van der Waals surface area contributed by atoms with Gasteiger partial charge >= 0.3 is 0 Å². The summed E-state index contributed by atoms with van der Waals surface area (Å²) in [4.78, 5) is 0. The van der Waals surface area contributed by atoms with Crippen LogP contribution in [0.5, 0.6) is 0 Å². The van der Waals surface area contributed by atoms with E-state index in [1.807, 2.05) is 5.38 Å². The number of thiophene rings is 1. The van der Waals surface area contributed by atoms with Crippen LogP contribution in [-0.4, -0.2) is 25.8 Å². The molecule has 0 saturated heterocycles. The first-order valence-electron chi connectivity index (χ1n) is 6.03. The van der Waals surface area contributed by atoms with Crippen LogP contribution in [0.1, 0.15) is 32.6 Å². The second-order valence-corrected chi connectivity index (χ2v) is 8.04. The Morgan fingerprint density at radius 3 is 2.47 bits per heavy atom. The Morgan fingerprint density at radius 2 is 1.94 bits per heavy atom. The molecule has 0 spiro atoms. The molecule has 1 heterocycles.